The van der Waals surface area contributed by atoms with Gasteiger partial charge in [0, 0.05) is 32.3 Å². The third-order valence-corrected chi connectivity index (χ3v) is 4.54. The number of carbonyl (C=O) groups is 1. The summed E-state index contributed by atoms with van der Waals surface area (Å²) in [6.07, 6.45) is 7.10. The smallest absolute Gasteiger partial charge is 0.272 e. The SMILES string of the molecule is Cn1nccc1C(=O)N1CCCCCC1CC(O)c1ccco1. The maximum atomic E-state index is 12.9. The molecule has 1 saturated heterocycles. The molecular weight excluding hydrogens is 294 g/mol. The van der Waals surface area contributed by atoms with E-state index in [1.807, 2.05) is 4.90 Å². The Bertz CT molecular complexity index is 635. The number of likely N-dealkylation sites (tertiary alicyclic amines) is 1. The molecule has 6 heteroatoms. The monoisotopic (exact) mass is 317 g/mol. The van der Waals surface area contributed by atoms with Crippen LogP contribution in [0.2, 0.25) is 0 Å². The van der Waals surface area contributed by atoms with Gasteiger partial charge >= 0.3 is 0 Å². The van der Waals surface area contributed by atoms with Crippen LogP contribution in [0, 0.1) is 0 Å². The van der Waals surface area contributed by atoms with Gasteiger partial charge in [0.2, 0.25) is 0 Å². The van der Waals surface area contributed by atoms with Crippen molar-refractivity contribution in [3.05, 3.63) is 42.1 Å². The van der Waals surface area contributed by atoms with Crippen molar-refractivity contribution in [3.63, 3.8) is 0 Å². The third-order valence-electron chi connectivity index (χ3n) is 4.54. The van der Waals surface area contributed by atoms with Gasteiger partial charge in [-0.3, -0.25) is 9.48 Å². The molecule has 1 aliphatic rings. The lowest BCUT2D eigenvalue weighted by Gasteiger charge is -2.31. The lowest BCUT2D eigenvalue weighted by molar-refractivity contribution is 0.0547. The number of carbonyl (C=O) groups excluding carboxylic acids is 1. The summed E-state index contributed by atoms with van der Waals surface area (Å²) in [4.78, 5) is 14.8. The van der Waals surface area contributed by atoms with Crippen molar-refractivity contribution >= 4 is 5.91 Å². The van der Waals surface area contributed by atoms with E-state index in [1.165, 1.54) is 0 Å². The van der Waals surface area contributed by atoms with Crippen LogP contribution in [0.1, 0.15) is 54.5 Å². The fraction of sp³-hybridized carbons (Fsp3) is 0.529. The number of hydrogen-bond acceptors (Lipinski definition) is 4. The zero-order chi connectivity index (χ0) is 16.2. The molecule has 2 unspecified atom stereocenters. The lowest BCUT2D eigenvalue weighted by Crippen LogP contribution is -2.41. The van der Waals surface area contributed by atoms with Gasteiger partial charge in [-0.25, -0.2) is 0 Å². The largest absolute Gasteiger partial charge is 0.467 e. The quantitative estimate of drug-likeness (QED) is 0.940. The normalized spacial score (nSPS) is 20.3. The predicted octanol–water partition coefficient (Wildman–Crippen LogP) is 2.52. The van der Waals surface area contributed by atoms with Crippen LogP contribution in [0.15, 0.2) is 35.1 Å². The summed E-state index contributed by atoms with van der Waals surface area (Å²) in [6.45, 7) is 0.722. The second kappa shape index (κ2) is 7.00. The van der Waals surface area contributed by atoms with E-state index in [-0.39, 0.29) is 11.9 Å². The Morgan fingerprint density at radius 2 is 2.30 bits per heavy atom. The highest BCUT2D eigenvalue weighted by Gasteiger charge is 2.30. The maximum Gasteiger partial charge on any atom is 0.272 e. The zero-order valence-electron chi connectivity index (χ0n) is 13.4. The van der Waals surface area contributed by atoms with E-state index < -0.39 is 6.10 Å². The summed E-state index contributed by atoms with van der Waals surface area (Å²) in [5.41, 5.74) is 0.587. The van der Waals surface area contributed by atoms with Crippen molar-refractivity contribution < 1.29 is 14.3 Å². The Labute approximate surface area is 135 Å². The highest BCUT2D eigenvalue weighted by atomic mass is 16.4. The molecule has 2 aromatic rings. The van der Waals surface area contributed by atoms with Gasteiger partial charge < -0.3 is 14.4 Å². The highest BCUT2D eigenvalue weighted by Crippen LogP contribution is 2.27. The molecule has 1 aliphatic heterocycles. The zero-order valence-corrected chi connectivity index (χ0v) is 13.4. The number of hydrogen-bond donors (Lipinski definition) is 1. The second-order valence-electron chi connectivity index (χ2n) is 6.11. The Morgan fingerprint density at radius 1 is 1.43 bits per heavy atom. The van der Waals surface area contributed by atoms with Gasteiger partial charge in [-0.1, -0.05) is 12.8 Å². The van der Waals surface area contributed by atoms with Gasteiger partial charge in [0.25, 0.3) is 5.91 Å². The van der Waals surface area contributed by atoms with Crippen LogP contribution in [0.4, 0.5) is 0 Å². The molecule has 3 rings (SSSR count). The average molecular weight is 317 g/mol. The molecule has 6 nitrogen and oxygen atoms in total. The molecule has 0 aromatic carbocycles. The first-order valence-corrected chi connectivity index (χ1v) is 8.17. The first-order valence-electron chi connectivity index (χ1n) is 8.17. The molecule has 0 radical (unpaired) electrons. The summed E-state index contributed by atoms with van der Waals surface area (Å²) < 4.78 is 6.89. The standard InChI is InChI=1S/C17H23N3O3/c1-19-14(8-9-18-19)17(22)20-10-4-2-3-6-13(20)12-15(21)16-7-5-11-23-16/h5,7-9,11,13,15,21H,2-4,6,10,12H2,1H3. The van der Waals surface area contributed by atoms with Crippen LogP contribution in [0.3, 0.4) is 0 Å². The van der Waals surface area contributed by atoms with Gasteiger partial charge in [0.15, 0.2) is 0 Å². The van der Waals surface area contributed by atoms with Gasteiger partial charge in [0.05, 0.1) is 6.26 Å². The van der Waals surface area contributed by atoms with Crippen LogP contribution >= 0.6 is 0 Å². The van der Waals surface area contributed by atoms with E-state index in [1.54, 1.807) is 42.4 Å². The maximum absolute atomic E-state index is 12.9. The summed E-state index contributed by atoms with van der Waals surface area (Å²) in [7, 11) is 1.78. The van der Waals surface area contributed by atoms with E-state index in [9.17, 15) is 9.90 Å². The van der Waals surface area contributed by atoms with Gasteiger partial charge in [-0.2, -0.15) is 5.10 Å². The van der Waals surface area contributed by atoms with E-state index in [0.29, 0.717) is 17.9 Å². The fourth-order valence-corrected chi connectivity index (χ4v) is 3.28. The number of nitrogens with zero attached hydrogens (tertiary/aromatic N) is 3. The molecule has 2 aromatic heterocycles. The molecule has 1 fully saturated rings. The van der Waals surface area contributed by atoms with E-state index in [2.05, 4.69) is 5.10 Å². The molecule has 1 amide bonds. The van der Waals surface area contributed by atoms with E-state index >= 15 is 0 Å². The number of aryl methyl sites for hydroxylation is 1. The van der Waals surface area contributed by atoms with Crippen LogP contribution in [0.5, 0.6) is 0 Å². The van der Waals surface area contributed by atoms with Gasteiger partial charge in [0.1, 0.15) is 17.6 Å². The van der Waals surface area contributed by atoms with Crippen molar-refractivity contribution in [1.82, 2.24) is 14.7 Å². The van der Waals surface area contributed by atoms with Gasteiger partial charge in [-0.05, 0) is 31.0 Å². The Morgan fingerprint density at radius 3 is 3.00 bits per heavy atom. The number of amides is 1. The van der Waals surface area contributed by atoms with Crippen molar-refractivity contribution in [3.8, 4) is 0 Å². The molecule has 0 bridgehead atoms. The van der Waals surface area contributed by atoms with Crippen LogP contribution < -0.4 is 0 Å². The van der Waals surface area contributed by atoms with Crippen molar-refractivity contribution in [2.75, 3.05) is 6.54 Å². The molecule has 0 aliphatic carbocycles. The summed E-state index contributed by atoms with van der Waals surface area (Å²) in [5, 5.41) is 14.5. The van der Waals surface area contributed by atoms with E-state index in [4.69, 9.17) is 4.42 Å². The number of furan rings is 1. The minimum Gasteiger partial charge on any atom is -0.467 e. The molecule has 23 heavy (non-hydrogen) atoms. The minimum atomic E-state index is -0.685. The number of aliphatic hydroxyl groups is 1. The Hall–Kier alpha value is -2.08. The van der Waals surface area contributed by atoms with Crippen LogP contribution in [-0.4, -0.2) is 38.3 Å². The predicted molar refractivity (Wildman–Crippen MR) is 84.8 cm³/mol. The van der Waals surface area contributed by atoms with Gasteiger partial charge in [-0.15, -0.1) is 0 Å². The lowest BCUT2D eigenvalue weighted by atomic mass is 10.0. The molecule has 2 atom stereocenters. The van der Waals surface area contributed by atoms with Crippen molar-refractivity contribution in [2.24, 2.45) is 7.05 Å². The molecule has 0 spiro atoms. The highest BCUT2D eigenvalue weighted by molar-refractivity contribution is 5.92. The van der Waals surface area contributed by atoms with Crippen LogP contribution in [-0.2, 0) is 7.05 Å². The molecule has 1 N–H and O–H groups in total. The Balaban J connectivity index is 1.77. The average Bonchev–Trinajstić information content (AvgIpc) is 3.16. The number of aliphatic hydroxyl groups excluding tert-OH is 1. The van der Waals surface area contributed by atoms with Crippen molar-refractivity contribution in [2.45, 2.75) is 44.2 Å². The first-order chi connectivity index (χ1) is 11.2. The number of rotatable bonds is 4. The molecular formula is C17H23N3O3. The second-order valence-corrected chi connectivity index (χ2v) is 6.11. The summed E-state index contributed by atoms with van der Waals surface area (Å²) in [6, 6.07) is 5.30. The van der Waals surface area contributed by atoms with Crippen LogP contribution in [0.25, 0.3) is 0 Å². The Kier molecular flexibility index (Phi) is 4.81. The van der Waals surface area contributed by atoms with E-state index in [0.717, 1.165) is 32.2 Å². The fourth-order valence-electron chi connectivity index (χ4n) is 3.28. The molecule has 0 saturated carbocycles. The van der Waals surface area contributed by atoms with Crippen molar-refractivity contribution in [1.29, 1.82) is 0 Å². The third kappa shape index (κ3) is 3.47. The summed E-state index contributed by atoms with van der Waals surface area (Å²) >= 11 is 0. The molecule has 124 valence electrons. The molecule has 3 heterocycles. The first kappa shape index (κ1) is 15.8. The number of aromatic nitrogens is 2. The summed E-state index contributed by atoms with van der Waals surface area (Å²) in [5.74, 6) is 0.547. The topological polar surface area (TPSA) is 71.5 Å². The minimum absolute atomic E-state index is 0.0106.